The number of halogens is 21. The van der Waals surface area contributed by atoms with Crippen LogP contribution in [-0.2, 0) is 0 Å². The Morgan fingerprint density at radius 2 is 0.390 bits per heavy atom. The summed E-state index contributed by atoms with van der Waals surface area (Å²) < 4.78 is 269. The van der Waals surface area contributed by atoms with E-state index in [1.807, 2.05) is 0 Å². The molecule has 2 N–H and O–H groups in total. The molecule has 0 heterocycles. The molecule has 0 aliphatic rings. The number of nitrogens with two attached hydrogens (primary N) is 1. The molecule has 0 radical (unpaired) electrons. The molecule has 0 aromatic rings. The number of rotatable bonds is 33. The maximum atomic E-state index is 13.4. The molecule has 0 aromatic carbocycles. The van der Waals surface area contributed by atoms with E-state index in [0.29, 0.717) is 114 Å². The standard InChI is InChI=1S/C36H56F21NSi/c37-28(38,31(43,44)34(49,50)51)22-16-10-4-1-7-13-19-25-59(58,26-20-14-8-2-5-11-17-23-29(39,40)32(45,46)35(52,53)54)27-21-15-9-3-6-12-18-24-30(41,42)33(47,48)36(55,56)57/h1-27,58H2. The fourth-order valence-corrected chi connectivity index (χ4v) is 10.2. The second-order valence-electron chi connectivity index (χ2n) is 15.6. The molecule has 23 heteroatoms. The lowest BCUT2D eigenvalue weighted by Crippen LogP contribution is -2.51. The maximum absolute atomic E-state index is 13.4. The van der Waals surface area contributed by atoms with Crippen LogP contribution in [0.4, 0.5) is 92.2 Å². The zero-order chi connectivity index (χ0) is 46.1. The first-order valence-electron chi connectivity index (χ1n) is 19.9. The molecule has 0 amide bonds. The summed E-state index contributed by atoms with van der Waals surface area (Å²) in [7, 11) is -2.39. The van der Waals surface area contributed by atoms with Crippen LogP contribution in [0.2, 0.25) is 18.1 Å². The fourth-order valence-electron chi connectivity index (χ4n) is 6.59. The summed E-state index contributed by atoms with van der Waals surface area (Å²) in [5, 5.41) is 6.86. The van der Waals surface area contributed by atoms with Crippen molar-refractivity contribution in [1.82, 2.24) is 0 Å². The van der Waals surface area contributed by atoms with Crippen LogP contribution in [-0.4, -0.2) is 62.3 Å². The molecular formula is C36H56F21NSi. The van der Waals surface area contributed by atoms with Crippen molar-refractivity contribution in [3.63, 3.8) is 0 Å². The molecule has 1 nitrogen and oxygen atoms in total. The zero-order valence-corrected chi connectivity index (χ0v) is 33.6. The van der Waals surface area contributed by atoms with Gasteiger partial charge in [0.15, 0.2) is 0 Å². The Balaban J connectivity index is 4.77. The summed E-state index contributed by atoms with van der Waals surface area (Å²) in [5.41, 5.74) is 0. The number of hydrogen-bond acceptors (Lipinski definition) is 1. The third-order valence-electron chi connectivity index (χ3n) is 10.4. The van der Waals surface area contributed by atoms with Crippen molar-refractivity contribution in [2.75, 3.05) is 0 Å². The van der Waals surface area contributed by atoms with Crippen LogP contribution in [0.25, 0.3) is 0 Å². The number of unbranched alkanes of at least 4 members (excludes halogenated alkanes) is 18. The quantitative estimate of drug-likeness (QED) is 0.0396. The molecule has 0 atom stereocenters. The van der Waals surface area contributed by atoms with Gasteiger partial charge in [0.1, 0.15) is 8.24 Å². The van der Waals surface area contributed by atoms with Gasteiger partial charge >= 0.3 is 54.1 Å². The van der Waals surface area contributed by atoms with Gasteiger partial charge in [-0.2, -0.15) is 92.2 Å². The Bertz CT molecular complexity index is 999. The van der Waals surface area contributed by atoms with Gasteiger partial charge in [-0.25, -0.2) is 0 Å². The van der Waals surface area contributed by atoms with Gasteiger partial charge in [-0.05, 0) is 37.4 Å². The van der Waals surface area contributed by atoms with Gasteiger partial charge < -0.3 is 5.40 Å². The van der Waals surface area contributed by atoms with E-state index in [9.17, 15) is 92.2 Å². The van der Waals surface area contributed by atoms with Crippen molar-refractivity contribution in [1.29, 1.82) is 0 Å². The molecule has 0 saturated heterocycles. The smallest absolute Gasteiger partial charge is 0.351 e. The highest BCUT2D eigenvalue weighted by molar-refractivity contribution is 6.76. The third-order valence-corrected chi connectivity index (χ3v) is 14.5. The van der Waals surface area contributed by atoms with Gasteiger partial charge in [0.25, 0.3) is 0 Å². The SMILES string of the molecule is N[Si](CCCCCCCCCC(F)(F)C(F)(F)C(F)(F)F)(CCCCCCCCCC(F)(F)C(F)(F)C(F)(F)F)CCCCCCCCCC(F)(F)C(F)(F)C(F)(F)F. The summed E-state index contributed by atoms with van der Waals surface area (Å²) in [4.78, 5) is 0. The minimum absolute atomic E-state index is 0.0139. The minimum Gasteiger partial charge on any atom is -0.351 e. The van der Waals surface area contributed by atoms with Gasteiger partial charge in [-0.15, -0.1) is 0 Å². The highest BCUT2D eigenvalue weighted by Crippen LogP contribution is 2.51. The molecule has 356 valence electrons. The van der Waals surface area contributed by atoms with E-state index in [4.69, 9.17) is 5.40 Å². The molecule has 0 fully saturated rings. The highest BCUT2D eigenvalue weighted by atomic mass is 28.3. The van der Waals surface area contributed by atoms with Crippen molar-refractivity contribution < 1.29 is 92.2 Å². The lowest BCUT2D eigenvalue weighted by molar-refractivity contribution is -0.356. The normalized spacial score (nSPS) is 14.7. The number of alkyl halides is 21. The topological polar surface area (TPSA) is 26.0 Å². The number of hydrogen-bond donors (Lipinski definition) is 1. The van der Waals surface area contributed by atoms with E-state index < -0.39 is 101 Å². The summed E-state index contributed by atoms with van der Waals surface area (Å²) in [6.07, 6.45) is -17.3. The second kappa shape index (κ2) is 24.0. The van der Waals surface area contributed by atoms with Crippen LogP contribution in [0.15, 0.2) is 0 Å². The van der Waals surface area contributed by atoms with Crippen molar-refractivity contribution in [2.24, 2.45) is 5.40 Å². The largest absolute Gasteiger partial charge is 0.459 e. The first kappa shape index (κ1) is 57.7. The van der Waals surface area contributed by atoms with Gasteiger partial charge in [-0.1, -0.05) is 116 Å². The van der Waals surface area contributed by atoms with Crippen LogP contribution in [0.1, 0.15) is 154 Å². The van der Waals surface area contributed by atoms with E-state index in [0.717, 1.165) is 0 Å². The molecule has 0 spiro atoms. The predicted octanol–water partition coefficient (Wildman–Crippen LogP) is 16.8. The Morgan fingerprint density at radius 1 is 0.237 bits per heavy atom. The molecular weight excluding hydrogens is 873 g/mol. The van der Waals surface area contributed by atoms with Crippen molar-refractivity contribution in [3.05, 3.63) is 0 Å². The Labute approximate surface area is 332 Å². The fraction of sp³-hybridized carbons (Fsp3) is 1.00. The Kier molecular flexibility index (Phi) is 23.4. The van der Waals surface area contributed by atoms with Gasteiger partial charge in [0, 0.05) is 19.3 Å². The predicted molar refractivity (Wildman–Crippen MR) is 183 cm³/mol. The molecule has 0 aliphatic heterocycles. The second-order valence-corrected chi connectivity index (χ2v) is 19.8. The van der Waals surface area contributed by atoms with Crippen LogP contribution < -0.4 is 5.40 Å². The summed E-state index contributed by atoms with van der Waals surface area (Å²) >= 11 is 0. The third kappa shape index (κ3) is 18.9. The van der Waals surface area contributed by atoms with Gasteiger partial charge in [-0.3, -0.25) is 0 Å². The van der Waals surface area contributed by atoms with Crippen LogP contribution >= 0.6 is 0 Å². The van der Waals surface area contributed by atoms with E-state index in [2.05, 4.69) is 0 Å². The Hall–Kier alpha value is -1.29. The average molecular weight is 930 g/mol. The van der Waals surface area contributed by atoms with Crippen molar-refractivity contribution in [3.8, 4) is 0 Å². The molecule has 0 unspecified atom stereocenters. The summed E-state index contributed by atoms with van der Waals surface area (Å²) in [5.74, 6) is -34.1. The van der Waals surface area contributed by atoms with E-state index in [1.54, 1.807) is 0 Å². The van der Waals surface area contributed by atoms with Crippen molar-refractivity contribution >= 4 is 8.24 Å². The first-order valence-corrected chi connectivity index (χ1v) is 22.6. The Morgan fingerprint density at radius 3 is 0.559 bits per heavy atom. The lowest BCUT2D eigenvalue weighted by atomic mass is 10.0. The van der Waals surface area contributed by atoms with E-state index >= 15 is 0 Å². The van der Waals surface area contributed by atoms with Gasteiger partial charge in [0.05, 0.1) is 0 Å². The first-order chi connectivity index (χ1) is 26.6. The molecule has 0 aliphatic carbocycles. The maximum Gasteiger partial charge on any atom is 0.459 e. The molecule has 0 aromatic heterocycles. The minimum atomic E-state index is -6.38. The molecule has 0 bridgehead atoms. The lowest BCUT2D eigenvalue weighted by Gasteiger charge is -2.28. The van der Waals surface area contributed by atoms with Crippen molar-refractivity contribution in [2.45, 2.75) is 226 Å². The van der Waals surface area contributed by atoms with Crippen LogP contribution in [0, 0.1) is 0 Å². The summed E-state index contributed by atoms with van der Waals surface area (Å²) in [6.45, 7) is 0. The van der Waals surface area contributed by atoms with Gasteiger partial charge in [0.2, 0.25) is 0 Å². The molecule has 0 rings (SSSR count). The zero-order valence-electron chi connectivity index (χ0n) is 32.6. The van der Waals surface area contributed by atoms with Crippen LogP contribution in [0.3, 0.4) is 0 Å². The highest BCUT2D eigenvalue weighted by Gasteiger charge is 2.74. The van der Waals surface area contributed by atoms with E-state index in [1.165, 1.54) is 0 Å². The van der Waals surface area contributed by atoms with E-state index in [-0.39, 0.29) is 19.3 Å². The van der Waals surface area contributed by atoms with Crippen LogP contribution in [0.5, 0.6) is 0 Å². The molecule has 0 saturated carbocycles. The molecule has 59 heavy (non-hydrogen) atoms. The average Bonchev–Trinajstić information content (AvgIpc) is 3.07. The summed E-state index contributed by atoms with van der Waals surface area (Å²) in [6, 6.07) is 2.00. The monoisotopic (exact) mass is 929 g/mol.